The van der Waals surface area contributed by atoms with Crippen LogP contribution in [0.3, 0.4) is 0 Å². The van der Waals surface area contributed by atoms with Crippen molar-refractivity contribution in [3.63, 3.8) is 0 Å². The zero-order valence-electron chi connectivity index (χ0n) is 13.6. The molecule has 2 heterocycles. The second kappa shape index (κ2) is 6.72. The summed E-state index contributed by atoms with van der Waals surface area (Å²) in [6.07, 6.45) is 1.74. The Bertz CT molecular complexity index is 783. The number of benzene rings is 1. The zero-order chi connectivity index (χ0) is 17.3. The third-order valence-electron chi connectivity index (χ3n) is 4.19. The molecule has 0 aliphatic carbocycles. The van der Waals surface area contributed by atoms with Gasteiger partial charge in [0.2, 0.25) is 0 Å². The minimum atomic E-state index is -0.849. The third kappa shape index (κ3) is 3.33. The molecule has 1 aromatic heterocycles. The monoisotopic (exact) mass is 349 g/mol. The molecule has 0 amide bonds. The van der Waals surface area contributed by atoms with Crippen LogP contribution in [0.4, 0.5) is 11.4 Å². The standard InChI is InChI=1S/C16H19N3O4S/c1-10-16(11(2)23-18-10)12-5-6-14(15(8-12)19(20)21)17-13-4-3-7-24(22)9-13/h5-6,8,13,17H,3-4,7,9H2,1-2H3. The summed E-state index contributed by atoms with van der Waals surface area (Å²) in [6, 6.07) is 5.07. The molecule has 0 bridgehead atoms. The molecule has 2 atom stereocenters. The van der Waals surface area contributed by atoms with Gasteiger partial charge in [0.05, 0.1) is 10.6 Å². The molecule has 7 nitrogen and oxygen atoms in total. The van der Waals surface area contributed by atoms with Crippen molar-refractivity contribution in [1.82, 2.24) is 5.16 Å². The van der Waals surface area contributed by atoms with Gasteiger partial charge in [0.1, 0.15) is 11.4 Å². The summed E-state index contributed by atoms with van der Waals surface area (Å²) in [5.74, 6) is 1.87. The molecule has 1 aliphatic heterocycles. The second-order valence-corrected chi connectivity index (χ2v) is 7.60. The van der Waals surface area contributed by atoms with Crippen LogP contribution in [0.2, 0.25) is 0 Å². The second-order valence-electron chi connectivity index (χ2n) is 5.98. The summed E-state index contributed by atoms with van der Waals surface area (Å²) in [7, 11) is -0.849. The number of anilines is 1. The van der Waals surface area contributed by atoms with Crippen LogP contribution in [0.15, 0.2) is 22.7 Å². The smallest absolute Gasteiger partial charge is 0.292 e. The molecule has 1 fully saturated rings. The largest absolute Gasteiger partial charge is 0.376 e. The van der Waals surface area contributed by atoms with Gasteiger partial charge in [-0.05, 0) is 38.3 Å². The molecular weight excluding hydrogens is 330 g/mol. The maximum absolute atomic E-state index is 11.7. The number of aryl methyl sites for hydroxylation is 2. The van der Waals surface area contributed by atoms with Crippen molar-refractivity contribution in [2.75, 3.05) is 16.8 Å². The number of nitrogens with zero attached hydrogens (tertiary/aromatic N) is 2. The average molecular weight is 349 g/mol. The molecule has 3 rings (SSSR count). The minimum Gasteiger partial charge on any atom is -0.376 e. The number of nitrogens with one attached hydrogen (secondary N) is 1. The zero-order valence-corrected chi connectivity index (χ0v) is 14.4. The Labute approximate surface area is 142 Å². The van der Waals surface area contributed by atoms with Gasteiger partial charge in [-0.2, -0.15) is 0 Å². The van der Waals surface area contributed by atoms with E-state index in [2.05, 4.69) is 10.5 Å². The van der Waals surface area contributed by atoms with Gasteiger partial charge < -0.3 is 9.84 Å². The molecular formula is C16H19N3O4S. The summed E-state index contributed by atoms with van der Waals surface area (Å²) in [5, 5.41) is 18.6. The fourth-order valence-electron chi connectivity index (χ4n) is 3.07. The molecule has 128 valence electrons. The van der Waals surface area contributed by atoms with Crippen molar-refractivity contribution in [2.24, 2.45) is 0 Å². The number of aromatic nitrogens is 1. The van der Waals surface area contributed by atoms with E-state index in [9.17, 15) is 14.3 Å². The van der Waals surface area contributed by atoms with Crippen LogP contribution in [0.25, 0.3) is 11.1 Å². The van der Waals surface area contributed by atoms with Gasteiger partial charge in [-0.15, -0.1) is 0 Å². The molecule has 0 spiro atoms. The quantitative estimate of drug-likeness (QED) is 0.672. The van der Waals surface area contributed by atoms with Gasteiger partial charge in [-0.3, -0.25) is 14.3 Å². The molecule has 1 N–H and O–H groups in total. The Hall–Kier alpha value is -2.22. The fourth-order valence-corrected chi connectivity index (χ4v) is 4.43. The van der Waals surface area contributed by atoms with Crippen molar-refractivity contribution in [3.8, 4) is 11.1 Å². The van der Waals surface area contributed by atoms with Crippen molar-refractivity contribution >= 4 is 22.2 Å². The number of nitro groups is 1. The van der Waals surface area contributed by atoms with Crippen LogP contribution in [0.1, 0.15) is 24.3 Å². The molecule has 8 heteroatoms. The van der Waals surface area contributed by atoms with Crippen molar-refractivity contribution in [1.29, 1.82) is 0 Å². The van der Waals surface area contributed by atoms with E-state index < -0.39 is 15.7 Å². The molecule has 2 unspecified atom stereocenters. The first-order chi connectivity index (χ1) is 11.5. The van der Waals surface area contributed by atoms with E-state index >= 15 is 0 Å². The van der Waals surface area contributed by atoms with E-state index in [1.54, 1.807) is 19.9 Å². The van der Waals surface area contributed by atoms with E-state index in [1.807, 2.05) is 6.07 Å². The summed E-state index contributed by atoms with van der Waals surface area (Å²) in [5.41, 5.74) is 2.65. The summed E-state index contributed by atoms with van der Waals surface area (Å²) >= 11 is 0. The fraction of sp³-hybridized carbons (Fsp3) is 0.438. The predicted molar refractivity (Wildman–Crippen MR) is 92.6 cm³/mol. The van der Waals surface area contributed by atoms with Gasteiger partial charge in [-0.1, -0.05) is 11.2 Å². The number of hydrogen-bond donors (Lipinski definition) is 1. The minimum absolute atomic E-state index is 0.00296. The van der Waals surface area contributed by atoms with Crippen LogP contribution >= 0.6 is 0 Å². The molecule has 2 aromatic rings. The predicted octanol–water partition coefficient (Wildman–Crippen LogP) is 3.19. The van der Waals surface area contributed by atoms with E-state index in [4.69, 9.17) is 4.52 Å². The highest BCUT2D eigenvalue weighted by Gasteiger charge is 2.23. The SMILES string of the molecule is Cc1noc(C)c1-c1ccc(NC2CCCS(=O)C2)c([N+](=O)[O-])c1. The highest BCUT2D eigenvalue weighted by molar-refractivity contribution is 7.85. The number of nitro benzene ring substituents is 1. The van der Waals surface area contributed by atoms with E-state index in [0.717, 1.165) is 18.4 Å². The lowest BCUT2D eigenvalue weighted by molar-refractivity contribution is -0.383. The first kappa shape index (κ1) is 16.6. The highest BCUT2D eigenvalue weighted by Crippen LogP contribution is 2.34. The topological polar surface area (TPSA) is 98.3 Å². The lowest BCUT2D eigenvalue weighted by atomic mass is 10.0. The summed E-state index contributed by atoms with van der Waals surface area (Å²) in [4.78, 5) is 11.1. The molecule has 24 heavy (non-hydrogen) atoms. The van der Waals surface area contributed by atoms with Crippen molar-refractivity contribution in [3.05, 3.63) is 39.8 Å². The van der Waals surface area contributed by atoms with Crippen LogP contribution in [0.5, 0.6) is 0 Å². The molecule has 0 saturated carbocycles. The van der Waals surface area contributed by atoms with Crippen molar-refractivity contribution in [2.45, 2.75) is 32.7 Å². The Morgan fingerprint density at radius 1 is 1.42 bits per heavy atom. The van der Waals surface area contributed by atoms with Gasteiger partial charge in [0.15, 0.2) is 0 Å². The molecule has 1 aliphatic rings. The number of hydrogen-bond acceptors (Lipinski definition) is 6. The Morgan fingerprint density at radius 3 is 2.83 bits per heavy atom. The number of rotatable bonds is 4. The average Bonchev–Trinajstić information content (AvgIpc) is 2.87. The maximum Gasteiger partial charge on any atom is 0.292 e. The Kier molecular flexibility index (Phi) is 4.66. The van der Waals surface area contributed by atoms with E-state index in [0.29, 0.717) is 34.2 Å². The normalized spacial score (nSPS) is 20.8. The van der Waals surface area contributed by atoms with Crippen LogP contribution < -0.4 is 5.32 Å². The first-order valence-corrected chi connectivity index (χ1v) is 9.27. The van der Waals surface area contributed by atoms with Gasteiger partial charge >= 0.3 is 0 Å². The van der Waals surface area contributed by atoms with Crippen molar-refractivity contribution < 1.29 is 13.7 Å². The molecule has 0 radical (unpaired) electrons. The molecule has 1 aromatic carbocycles. The molecule has 1 saturated heterocycles. The van der Waals surface area contributed by atoms with Gasteiger partial charge in [0, 0.05) is 40.0 Å². The lowest BCUT2D eigenvalue weighted by Crippen LogP contribution is -2.31. The summed E-state index contributed by atoms with van der Waals surface area (Å²) in [6.45, 7) is 3.59. The van der Waals surface area contributed by atoms with Gasteiger partial charge in [0.25, 0.3) is 5.69 Å². The van der Waals surface area contributed by atoms with Crippen LogP contribution in [0, 0.1) is 24.0 Å². The summed E-state index contributed by atoms with van der Waals surface area (Å²) < 4.78 is 16.8. The van der Waals surface area contributed by atoms with E-state index in [1.165, 1.54) is 6.07 Å². The maximum atomic E-state index is 11.7. The van der Waals surface area contributed by atoms with Gasteiger partial charge in [-0.25, -0.2) is 0 Å². The van der Waals surface area contributed by atoms with Crippen LogP contribution in [-0.2, 0) is 10.8 Å². The van der Waals surface area contributed by atoms with Crippen LogP contribution in [-0.4, -0.2) is 31.8 Å². The van der Waals surface area contributed by atoms with E-state index in [-0.39, 0.29) is 11.7 Å². The highest BCUT2D eigenvalue weighted by atomic mass is 32.2. The lowest BCUT2D eigenvalue weighted by Gasteiger charge is -2.23. The third-order valence-corrected chi connectivity index (χ3v) is 5.71. The Morgan fingerprint density at radius 2 is 2.21 bits per heavy atom. The first-order valence-electron chi connectivity index (χ1n) is 7.79. The Balaban J connectivity index is 1.93.